The van der Waals surface area contributed by atoms with Crippen molar-refractivity contribution in [3.63, 3.8) is 0 Å². The molecule has 2 aromatic heterocycles. The second-order valence-corrected chi connectivity index (χ2v) is 22.9. The van der Waals surface area contributed by atoms with Crippen LogP contribution >= 0.6 is 11.8 Å². The Morgan fingerprint density at radius 2 is 1.31 bits per heavy atom. The van der Waals surface area contributed by atoms with Crippen LogP contribution in [0.3, 0.4) is 0 Å². The molecule has 59 heavy (non-hydrogen) atoms. The van der Waals surface area contributed by atoms with Crippen molar-refractivity contribution < 1.29 is 23.4 Å². The lowest BCUT2D eigenvalue weighted by Gasteiger charge is -2.45. The molecule has 1 aliphatic heterocycles. The topological polar surface area (TPSA) is 110 Å². The third-order valence-corrected chi connectivity index (χ3v) is 19.4. The Hall–Kier alpha value is -5.01. The van der Waals surface area contributed by atoms with Gasteiger partial charge in [0.25, 0.3) is 5.91 Å². The molecule has 3 heterocycles. The maximum atomic E-state index is 13.2. The number of benzene rings is 4. The van der Waals surface area contributed by atoms with Crippen LogP contribution in [0.5, 0.6) is 11.5 Å². The minimum atomic E-state index is -2.35. The summed E-state index contributed by atoms with van der Waals surface area (Å²) < 4.78 is 28.4. The number of rotatable bonds is 16. The van der Waals surface area contributed by atoms with E-state index in [1.165, 1.54) is 6.33 Å². The van der Waals surface area contributed by atoms with Gasteiger partial charge in [0.15, 0.2) is 17.0 Å². The van der Waals surface area contributed by atoms with E-state index in [0.717, 1.165) is 34.6 Å². The molecular formula is C47H55N5O5SSi. The SMILES string of the molecule is COc1ccc(C(OC[C@H]2C[C@@H](O[Si](C(C)C)(C(C)C)C(C)C)[C@H](n3cnc4c(NC(=O)c5ccccc5)ncnc43)S2)(c2ccccc2)c2ccc(OC)cc2)cc1. The maximum Gasteiger partial charge on any atom is 0.256 e. The number of amides is 1. The van der Waals surface area contributed by atoms with Crippen LogP contribution in [0.25, 0.3) is 11.2 Å². The summed E-state index contributed by atoms with van der Waals surface area (Å²) in [7, 11) is 1.01. The van der Waals surface area contributed by atoms with Gasteiger partial charge in [-0.15, -0.1) is 11.8 Å². The van der Waals surface area contributed by atoms with E-state index in [1.807, 2.05) is 66.6 Å². The highest BCUT2D eigenvalue weighted by Gasteiger charge is 2.51. The van der Waals surface area contributed by atoms with E-state index >= 15 is 0 Å². The van der Waals surface area contributed by atoms with Gasteiger partial charge in [-0.2, -0.15) is 0 Å². The molecule has 1 N–H and O–H groups in total. The molecule has 10 nitrogen and oxygen atoms in total. The average Bonchev–Trinajstić information content (AvgIpc) is 3.88. The summed E-state index contributed by atoms with van der Waals surface area (Å²) in [6, 6.07) is 35.8. The van der Waals surface area contributed by atoms with Gasteiger partial charge in [-0.05, 0) is 76.1 Å². The third-order valence-electron chi connectivity index (χ3n) is 11.8. The number of nitrogens with one attached hydrogen (secondary N) is 1. The van der Waals surface area contributed by atoms with Gasteiger partial charge in [-0.3, -0.25) is 9.36 Å². The Morgan fingerprint density at radius 1 is 0.763 bits per heavy atom. The van der Waals surface area contributed by atoms with E-state index < -0.39 is 13.9 Å². The zero-order valence-corrected chi connectivity index (χ0v) is 37.0. The van der Waals surface area contributed by atoms with E-state index in [0.29, 0.717) is 45.8 Å². The number of aromatic nitrogens is 4. The monoisotopic (exact) mass is 829 g/mol. The zero-order valence-electron chi connectivity index (χ0n) is 35.2. The molecule has 0 unspecified atom stereocenters. The van der Waals surface area contributed by atoms with Crippen LogP contribution in [0.2, 0.25) is 16.6 Å². The van der Waals surface area contributed by atoms with Crippen molar-refractivity contribution in [1.82, 2.24) is 19.5 Å². The highest BCUT2D eigenvalue weighted by molar-refractivity contribution is 8.00. The summed E-state index contributed by atoms with van der Waals surface area (Å²) in [6.45, 7) is 14.4. The molecule has 0 radical (unpaired) electrons. The summed E-state index contributed by atoms with van der Waals surface area (Å²) in [6.07, 6.45) is 3.91. The first-order chi connectivity index (χ1) is 28.5. The lowest BCUT2D eigenvalue weighted by molar-refractivity contribution is 0.0106. The Kier molecular flexibility index (Phi) is 12.9. The molecular weight excluding hydrogens is 775 g/mol. The lowest BCUT2D eigenvalue weighted by Crippen LogP contribution is -2.51. The second kappa shape index (κ2) is 18.1. The summed E-state index contributed by atoms with van der Waals surface area (Å²) in [4.78, 5) is 27.3. The molecule has 0 saturated carbocycles. The number of nitrogens with zero attached hydrogens (tertiary/aromatic N) is 4. The Labute approximate surface area is 353 Å². The zero-order chi connectivity index (χ0) is 41.7. The summed E-state index contributed by atoms with van der Waals surface area (Å²) in [5.41, 5.74) is 4.89. The average molecular weight is 830 g/mol. The second-order valence-electron chi connectivity index (χ2n) is 16.0. The summed E-state index contributed by atoms with van der Waals surface area (Å²) in [5.74, 6) is 1.65. The van der Waals surface area contributed by atoms with Gasteiger partial charge in [-0.25, -0.2) is 15.0 Å². The Bertz CT molecular complexity index is 2240. The van der Waals surface area contributed by atoms with Crippen molar-refractivity contribution in [3.8, 4) is 11.5 Å². The fourth-order valence-corrected chi connectivity index (χ4v) is 16.2. The summed E-state index contributed by atoms with van der Waals surface area (Å²) in [5, 5.41) is 2.85. The van der Waals surface area contributed by atoms with Crippen molar-refractivity contribution in [2.24, 2.45) is 0 Å². The first kappa shape index (κ1) is 42.1. The predicted octanol–water partition coefficient (Wildman–Crippen LogP) is 10.7. The largest absolute Gasteiger partial charge is 0.497 e. The molecule has 1 saturated heterocycles. The fourth-order valence-electron chi connectivity index (χ4n) is 9.04. The van der Waals surface area contributed by atoms with Crippen LogP contribution in [-0.4, -0.2) is 65.9 Å². The first-order valence-corrected chi connectivity index (χ1v) is 23.5. The van der Waals surface area contributed by atoms with Gasteiger partial charge in [-0.1, -0.05) is 114 Å². The van der Waals surface area contributed by atoms with Gasteiger partial charge in [0, 0.05) is 10.8 Å². The van der Waals surface area contributed by atoms with E-state index in [1.54, 1.807) is 26.4 Å². The normalized spacial score (nSPS) is 17.2. The number of imidazole rings is 1. The molecule has 7 rings (SSSR count). The molecule has 0 spiro atoms. The standard InChI is InChI=1S/C47H55N5O5SSi/c1-31(2)59(32(3)4,33(5)6)57-41-27-40(58-46(41)52-30-50-42-43(48-29-49-44(42)52)51-45(53)34-15-11-9-12-16-34)28-56-47(35-17-13-10-14-18-35,36-19-23-38(54-7)24-20-36)37-21-25-39(55-8)26-22-37/h9-26,29-33,40-41,46H,27-28H2,1-8H3,(H,48,49,51,53)/t40-,41-,46-/m1/s1. The van der Waals surface area contributed by atoms with E-state index in [9.17, 15) is 4.79 Å². The van der Waals surface area contributed by atoms with Gasteiger partial charge in [0.05, 0.1) is 33.3 Å². The molecule has 3 atom stereocenters. The van der Waals surface area contributed by atoms with Crippen LogP contribution in [0, 0.1) is 0 Å². The fraction of sp³-hybridized carbons (Fsp3) is 0.362. The van der Waals surface area contributed by atoms with Crippen LogP contribution in [-0.2, 0) is 14.8 Å². The van der Waals surface area contributed by atoms with Crippen LogP contribution in [0.15, 0.2) is 122 Å². The summed E-state index contributed by atoms with van der Waals surface area (Å²) >= 11 is 1.83. The number of anilines is 1. The molecule has 12 heteroatoms. The Balaban J connectivity index is 1.28. The van der Waals surface area contributed by atoms with E-state index in [2.05, 4.69) is 105 Å². The highest BCUT2D eigenvalue weighted by Crippen LogP contribution is 2.52. The van der Waals surface area contributed by atoms with Gasteiger partial charge >= 0.3 is 0 Å². The number of carbonyl (C=O) groups is 1. The first-order valence-electron chi connectivity index (χ1n) is 20.4. The molecule has 308 valence electrons. The number of hydrogen-bond acceptors (Lipinski definition) is 9. The number of carbonyl (C=O) groups excluding carboxylic acids is 1. The minimum Gasteiger partial charge on any atom is -0.497 e. The lowest BCUT2D eigenvalue weighted by atomic mass is 9.80. The molecule has 1 amide bonds. The van der Waals surface area contributed by atoms with Crippen molar-refractivity contribution >= 4 is 43.0 Å². The maximum absolute atomic E-state index is 13.2. The quantitative estimate of drug-likeness (QED) is 0.0753. The van der Waals surface area contributed by atoms with Gasteiger partial charge in [0.1, 0.15) is 28.8 Å². The Morgan fingerprint density at radius 3 is 1.85 bits per heavy atom. The van der Waals surface area contributed by atoms with Crippen LogP contribution < -0.4 is 14.8 Å². The van der Waals surface area contributed by atoms with Crippen molar-refractivity contribution in [1.29, 1.82) is 0 Å². The molecule has 4 aromatic carbocycles. The number of ether oxygens (including phenoxy) is 3. The number of fused-ring (bicyclic) bond motifs is 1. The van der Waals surface area contributed by atoms with E-state index in [4.69, 9.17) is 28.6 Å². The van der Waals surface area contributed by atoms with Gasteiger partial charge in [0.2, 0.25) is 8.32 Å². The van der Waals surface area contributed by atoms with Gasteiger partial charge < -0.3 is 24.0 Å². The number of hydrogen-bond donors (Lipinski definition) is 1. The molecule has 0 bridgehead atoms. The molecule has 1 aliphatic rings. The van der Waals surface area contributed by atoms with Crippen LogP contribution in [0.1, 0.15) is 80.4 Å². The molecule has 0 aliphatic carbocycles. The predicted molar refractivity (Wildman–Crippen MR) is 239 cm³/mol. The smallest absolute Gasteiger partial charge is 0.256 e. The van der Waals surface area contributed by atoms with Crippen LogP contribution in [0.4, 0.5) is 5.82 Å². The van der Waals surface area contributed by atoms with E-state index in [-0.39, 0.29) is 22.6 Å². The van der Waals surface area contributed by atoms with Crippen molar-refractivity contribution in [2.75, 3.05) is 26.1 Å². The minimum absolute atomic E-state index is 0.0410. The van der Waals surface area contributed by atoms with Crippen molar-refractivity contribution in [3.05, 3.63) is 144 Å². The highest BCUT2D eigenvalue weighted by atomic mass is 32.2. The third kappa shape index (κ3) is 8.28. The molecule has 1 fully saturated rings. The molecule has 6 aromatic rings. The number of methoxy groups -OCH3 is 2. The van der Waals surface area contributed by atoms with Crippen molar-refractivity contribution in [2.45, 2.75) is 86.9 Å². The number of thioether (sulfide) groups is 1.